The molecule has 1 aliphatic carbocycles. The van der Waals surface area contributed by atoms with Gasteiger partial charge in [-0.3, -0.25) is 0 Å². The van der Waals surface area contributed by atoms with Crippen LogP contribution in [-0.4, -0.2) is 37.1 Å². The molecule has 0 spiro atoms. The number of nitrogens with zero attached hydrogens (tertiary/aromatic N) is 2. The minimum absolute atomic E-state index is 0.710. The number of hydrogen-bond acceptors (Lipinski definition) is 3. The number of nitrogens with one attached hydrogen (secondary N) is 1. The van der Waals surface area contributed by atoms with Crippen molar-refractivity contribution in [2.24, 2.45) is 5.92 Å². The summed E-state index contributed by atoms with van der Waals surface area (Å²) in [5.74, 6) is 0.844. The second kappa shape index (κ2) is 6.22. The Morgan fingerprint density at radius 3 is 2.94 bits per heavy atom. The fourth-order valence-electron chi connectivity index (χ4n) is 2.52. The van der Waals surface area contributed by atoms with Gasteiger partial charge < -0.3 is 10.2 Å². The molecule has 0 amide bonds. The van der Waals surface area contributed by atoms with Gasteiger partial charge >= 0.3 is 0 Å². The lowest BCUT2D eigenvalue weighted by atomic mass is 9.97. The maximum Gasteiger partial charge on any atom is 0.0622 e. The molecule has 16 heavy (non-hydrogen) atoms. The minimum atomic E-state index is 0.710. The molecular formula is C13H23N3. The van der Waals surface area contributed by atoms with Crippen LogP contribution >= 0.6 is 0 Å². The first-order valence-electron chi connectivity index (χ1n) is 6.71. The van der Waals surface area contributed by atoms with E-state index in [4.69, 9.17) is 5.26 Å². The minimum Gasteiger partial charge on any atom is -0.314 e. The van der Waals surface area contributed by atoms with Crippen LogP contribution in [0.15, 0.2) is 0 Å². The van der Waals surface area contributed by atoms with Crippen LogP contribution in [0, 0.1) is 17.2 Å². The summed E-state index contributed by atoms with van der Waals surface area (Å²) in [5.41, 5.74) is 0. The Morgan fingerprint density at radius 1 is 1.31 bits per heavy atom. The standard InChI is InChI=1S/C13H23N3/c14-7-1-2-8-16-9-3-4-12(11-16)10-15-13-5-6-13/h12-13,15H,1-6,8-11H2. The molecule has 1 saturated carbocycles. The van der Waals surface area contributed by atoms with Crippen molar-refractivity contribution in [2.45, 2.75) is 44.6 Å². The van der Waals surface area contributed by atoms with Gasteiger partial charge in [0.25, 0.3) is 0 Å². The quantitative estimate of drug-likeness (QED) is 0.695. The average molecular weight is 221 g/mol. The summed E-state index contributed by atoms with van der Waals surface area (Å²) in [6, 6.07) is 3.07. The van der Waals surface area contributed by atoms with E-state index in [-0.39, 0.29) is 0 Å². The number of rotatable bonds is 6. The van der Waals surface area contributed by atoms with Crippen LogP contribution in [0.25, 0.3) is 0 Å². The van der Waals surface area contributed by atoms with Gasteiger partial charge in [0.05, 0.1) is 6.07 Å². The number of unbranched alkanes of at least 4 members (excludes halogenated alkanes) is 1. The van der Waals surface area contributed by atoms with Crippen molar-refractivity contribution in [3.05, 3.63) is 0 Å². The van der Waals surface area contributed by atoms with Crippen molar-refractivity contribution >= 4 is 0 Å². The molecule has 1 unspecified atom stereocenters. The summed E-state index contributed by atoms with van der Waals surface area (Å²) >= 11 is 0. The summed E-state index contributed by atoms with van der Waals surface area (Å²) < 4.78 is 0. The smallest absolute Gasteiger partial charge is 0.0622 e. The number of nitriles is 1. The van der Waals surface area contributed by atoms with E-state index in [0.29, 0.717) is 6.42 Å². The van der Waals surface area contributed by atoms with Crippen LogP contribution in [0.1, 0.15) is 38.5 Å². The van der Waals surface area contributed by atoms with E-state index < -0.39 is 0 Å². The SMILES string of the molecule is N#CCCCN1CCCC(CNC2CC2)C1. The molecule has 1 N–H and O–H groups in total. The van der Waals surface area contributed by atoms with Gasteiger partial charge in [0.15, 0.2) is 0 Å². The molecule has 0 bridgehead atoms. The first kappa shape index (κ1) is 11.9. The molecule has 0 aromatic carbocycles. The van der Waals surface area contributed by atoms with Crippen LogP contribution < -0.4 is 5.32 Å². The predicted octanol–water partition coefficient (Wildman–Crippen LogP) is 1.75. The molecule has 1 aliphatic heterocycles. The molecule has 90 valence electrons. The summed E-state index contributed by atoms with van der Waals surface area (Å²) in [6.07, 6.45) is 7.25. The molecule has 0 aromatic heterocycles. The first-order chi connectivity index (χ1) is 7.88. The third kappa shape index (κ3) is 4.11. The van der Waals surface area contributed by atoms with Crippen LogP contribution in [0.3, 0.4) is 0 Å². The Hall–Kier alpha value is -0.590. The lowest BCUT2D eigenvalue weighted by Gasteiger charge is -2.32. The molecular weight excluding hydrogens is 198 g/mol. The lowest BCUT2D eigenvalue weighted by Crippen LogP contribution is -2.40. The molecule has 1 atom stereocenters. The first-order valence-corrected chi connectivity index (χ1v) is 6.71. The highest BCUT2D eigenvalue weighted by Gasteiger charge is 2.24. The average Bonchev–Trinajstić information content (AvgIpc) is 3.11. The Labute approximate surface area is 98.8 Å². The normalized spacial score (nSPS) is 26.6. The molecule has 1 heterocycles. The Bertz CT molecular complexity index is 242. The molecule has 1 saturated heterocycles. The van der Waals surface area contributed by atoms with E-state index >= 15 is 0 Å². The van der Waals surface area contributed by atoms with Gasteiger partial charge in [-0.15, -0.1) is 0 Å². The number of hydrogen-bond donors (Lipinski definition) is 1. The van der Waals surface area contributed by atoms with Crippen molar-refractivity contribution in [1.82, 2.24) is 10.2 Å². The zero-order valence-corrected chi connectivity index (χ0v) is 10.1. The van der Waals surface area contributed by atoms with Gasteiger partial charge in [-0.05, 0) is 57.7 Å². The van der Waals surface area contributed by atoms with Crippen molar-refractivity contribution in [3.63, 3.8) is 0 Å². The molecule has 3 heteroatoms. The molecule has 2 aliphatic rings. The van der Waals surface area contributed by atoms with Gasteiger partial charge in [0.1, 0.15) is 0 Å². The van der Waals surface area contributed by atoms with E-state index in [2.05, 4.69) is 16.3 Å². The molecule has 2 rings (SSSR count). The van der Waals surface area contributed by atoms with Crippen molar-refractivity contribution < 1.29 is 0 Å². The Morgan fingerprint density at radius 2 is 2.19 bits per heavy atom. The number of likely N-dealkylation sites (tertiary alicyclic amines) is 1. The molecule has 0 aromatic rings. The molecule has 3 nitrogen and oxygen atoms in total. The second-order valence-electron chi connectivity index (χ2n) is 5.25. The molecule has 0 radical (unpaired) electrons. The van der Waals surface area contributed by atoms with E-state index in [1.807, 2.05) is 0 Å². The van der Waals surface area contributed by atoms with E-state index in [9.17, 15) is 0 Å². The fourth-order valence-corrected chi connectivity index (χ4v) is 2.52. The highest BCUT2D eigenvalue weighted by molar-refractivity contribution is 4.83. The third-order valence-corrected chi connectivity index (χ3v) is 3.64. The highest BCUT2D eigenvalue weighted by Crippen LogP contribution is 2.21. The highest BCUT2D eigenvalue weighted by atomic mass is 15.1. The van der Waals surface area contributed by atoms with Crippen LogP contribution in [-0.2, 0) is 0 Å². The maximum absolute atomic E-state index is 8.52. The van der Waals surface area contributed by atoms with Gasteiger partial charge in [-0.25, -0.2) is 0 Å². The molecule has 2 fully saturated rings. The summed E-state index contributed by atoms with van der Waals surface area (Å²) in [4.78, 5) is 2.54. The van der Waals surface area contributed by atoms with Crippen molar-refractivity contribution in [1.29, 1.82) is 5.26 Å². The van der Waals surface area contributed by atoms with E-state index in [0.717, 1.165) is 24.9 Å². The number of piperidine rings is 1. The van der Waals surface area contributed by atoms with Gasteiger partial charge in [-0.2, -0.15) is 5.26 Å². The van der Waals surface area contributed by atoms with E-state index in [1.54, 1.807) is 0 Å². The summed E-state index contributed by atoms with van der Waals surface area (Å²) in [5, 5.41) is 12.2. The van der Waals surface area contributed by atoms with Crippen LogP contribution in [0.4, 0.5) is 0 Å². The topological polar surface area (TPSA) is 39.1 Å². The third-order valence-electron chi connectivity index (χ3n) is 3.64. The monoisotopic (exact) mass is 221 g/mol. The zero-order chi connectivity index (χ0) is 11.2. The zero-order valence-electron chi connectivity index (χ0n) is 10.1. The fraction of sp³-hybridized carbons (Fsp3) is 0.923. The van der Waals surface area contributed by atoms with Gasteiger partial charge in [0, 0.05) is 19.0 Å². The van der Waals surface area contributed by atoms with Gasteiger partial charge in [0.2, 0.25) is 0 Å². The summed E-state index contributed by atoms with van der Waals surface area (Å²) in [7, 11) is 0. The maximum atomic E-state index is 8.52. The Balaban J connectivity index is 1.60. The van der Waals surface area contributed by atoms with E-state index in [1.165, 1.54) is 45.3 Å². The Kier molecular flexibility index (Phi) is 4.62. The summed E-state index contributed by atoms with van der Waals surface area (Å²) in [6.45, 7) is 4.81. The predicted molar refractivity (Wildman–Crippen MR) is 65.0 cm³/mol. The largest absolute Gasteiger partial charge is 0.314 e. The van der Waals surface area contributed by atoms with Crippen molar-refractivity contribution in [2.75, 3.05) is 26.2 Å². The second-order valence-corrected chi connectivity index (χ2v) is 5.25. The lowest BCUT2D eigenvalue weighted by molar-refractivity contribution is 0.171. The van der Waals surface area contributed by atoms with Crippen LogP contribution in [0.2, 0.25) is 0 Å². The van der Waals surface area contributed by atoms with Crippen molar-refractivity contribution in [3.8, 4) is 6.07 Å². The van der Waals surface area contributed by atoms with Crippen LogP contribution in [0.5, 0.6) is 0 Å². The van der Waals surface area contributed by atoms with Gasteiger partial charge in [-0.1, -0.05) is 0 Å².